The summed E-state index contributed by atoms with van der Waals surface area (Å²) in [5.41, 5.74) is 0. The molecule has 0 spiro atoms. The summed E-state index contributed by atoms with van der Waals surface area (Å²) in [5.74, 6) is 1.04. The molecule has 1 saturated heterocycles. The Balaban J connectivity index is 1.88. The molecule has 4 nitrogen and oxygen atoms in total. The van der Waals surface area contributed by atoms with Gasteiger partial charge in [0.15, 0.2) is 0 Å². The lowest BCUT2D eigenvalue weighted by Crippen LogP contribution is -2.47. The quantitative estimate of drug-likeness (QED) is 0.775. The fraction of sp³-hybridized carbons (Fsp3) is 0.545. The van der Waals surface area contributed by atoms with Crippen molar-refractivity contribution in [3.8, 4) is 0 Å². The minimum absolute atomic E-state index is 0.957. The van der Waals surface area contributed by atoms with E-state index < -0.39 is 0 Å². The molecule has 0 amide bonds. The average molecular weight is 206 g/mol. The number of aromatic nitrogens is 1. The molecule has 0 aromatic carbocycles. The first-order valence-electron chi connectivity index (χ1n) is 5.41. The highest BCUT2D eigenvalue weighted by Gasteiger charge is 2.11. The Morgan fingerprint density at radius 2 is 2.20 bits per heavy atom. The van der Waals surface area contributed by atoms with Gasteiger partial charge in [0, 0.05) is 39.4 Å². The molecule has 0 unspecified atom stereocenters. The van der Waals surface area contributed by atoms with Gasteiger partial charge in [-0.25, -0.2) is 4.98 Å². The van der Waals surface area contributed by atoms with Crippen molar-refractivity contribution in [1.82, 2.24) is 15.2 Å². The van der Waals surface area contributed by atoms with Crippen molar-refractivity contribution in [3.63, 3.8) is 0 Å². The van der Waals surface area contributed by atoms with Crippen molar-refractivity contribution >= 4 is 5.82 Å². The Morgan fingerprint density at radius 3 is 2.87 bits per heavy atom. The molecule has 4 heteroatoms. The predicted molar refractivity (Wildman–Crippen MR) is 61.9 cm³/mol. The summed E-state index contributed by atoms with van der Waals surface area (Å²) in [4.78, 5) is 8.95. The fourth-order valence-electron chi connectivity index (χ4n) is 1.80. The lowest BCUT2D eigenvalue weighted by molar-refractivity contribution is 0.243. The fourth-order valence-corrected chi connectivity index (χ4v) is 1.80. The Bertz CT molecular complexity index is 282. The van der Waals surface area contributed by atoms with Crippen LogP contribution in [0.15, 0.2) is 24.4 Å². The molecule has 0 atom stereocenters. The van der Waals surface area contributed by atoms with Crippen LogP contribution < -0.4 is 10.2 Å². The summed E-state index contributed by atoms with van der Waals surface area (Å²) in [6, 6.07) is 6.01. The number of hydrogen-bond donors (Lipinski definition) is 1. The molecule has 1 aliphatic rings. The molecule has 2 rings (SSSR count). The van der Waals surface area contributed by atoms with Crippen LogP contribution in [0.2, 0.25) is 0 Å². The second-order valence-electron chi connectivity index (χ2n) is 3.90. The molecular weight excluding hydrogens is 188 g/mol. The SMILES string of the molecule is CN(CN1CCNCC1)c1ccccn1. The van der Waals surface area contributed by atoms with Gasteiger partial charge in [-0.2, -0.15) is 0 Å². The van der Waals surface area contributed by atoms with E-state index in [0.717, 1.165) is 38.7 Å². The van der Waals surface area contributed by atoms with Gasteiger partial charge < -0.3 is 10.2 Å². The van der Waals surface area contributed by atoms with Gasteiger partial charge in [0.2, 0.25) is 0 Å². The standard InChI is InChI=1S/C11H18N4/c1-14(11-4-2-3-5-13-11)10-15-8-6-12-7-9-15/h2-5,12H,6-10H2,1H3. The topological polar surface area (TPSA) is 31.4 Å². The molecule has 2 heterocycles. The lowest BCUT2D eigenvalue weighted by Gasteiger charge is -2.31. The molecule has 82 valence electrons. The van der Waals surface area contributed by atoms with E-state index in [9.17, 15) is 0 Å². The third-order valence-electron chi connectivity index (χ3n) is 2.66. The second-order valence-corrected chi connectivity index (χ2v) is 3.90. The van der Waals surface area contributed by atoms with Crippen LogP contribution in [0.1, 0.15) is 0 Å². The average Bonchev–Trinajstić information content (AvgIpc) is 2.31. The highest BCUT2D eigenvalue weighted by molar-refractivity contribution is 5.35. The van der Waals surface area contributed by atoms with Gasteiger partial charge in [0.1, 0.15) is 5.82 Å². The van der Waals surface area contributed by atoms with Crippen molar-refractivity contribution in [2.45, 2.75) is 0 Å². The molecular formula is C11H18N4. The molecule has 0 saturated carbocycles. The summed E-state index contributed by atoms with van der Waals surface area (Å²) in [7, 11) is 2.09. The Morgan fingerprint density at radius 1 is 1.40 bits per heavy atom. The van der Waals surface area contributed by atoms with Crippen LogP contribution in [-0.4, -0.2) is 49.8 Å². The number of anilines is 1. The minimum Gasteiger partial charge on any atom is -0.347 e. The van der Waals surface area contributed by atoms with Crippen LogP contribution in [0, 0.1) is 0 Å². The zero-order valence-electron chi connectivity index (χ0n) is 9.19. The summed E-state index contributed by atoms with van der Waals surface area (Å²) < 4.78 is 0. The summed E-state index contributed by atoms with van der Waals surface area (Å²) in [6.45, 7) is 5.39. The van der Waals surface area contributed by atoms with Gasteiger partial charge in [-0.15, -0.1) is 0 Å². The minimum atomic E-state index is 0.957. The van der Waals surface area contributed by atoms with Crippen LogP contribution in [0.25, 0.3) is 0 Å². The molecule has 1 aromatic rings. The van der Waals surface area contributed by atoms with Crippen molar-refractivity contribution in [3.05, 3.63) is 24.4 Å². The molecule has 1 aromatic heterocycles. The lowest BCUT2D eigenvalue weighted by atomic mass is 10.4. The Labute approximate surface area is 90.9 Å². The number of piperazine rings is 1. The smallest absolute Gasteiger partial charge is 0.129 e. The summed E-state index contributed by atoms with van der Waals surface area (Å²) >= 11 is 0. The van der Waals surface area contributed by atoms with Gasteiger partial charge in [0.25, 0.3) is 0 Å². The van der Waals surface area contributed by atoms with E-state index >= 15 is 0 Å². The number of pyridine rings is 1. The van der Waals surface area contributed by atoms with Crippen molar-refractivity contribution in [1.29, 1.82) is 0 Å². The number of nitrogens with zero attached hydrogens (tertiary/aromatic N) is 3. The van der Waals surface area contributed by atoms with E-state index in [-0.39, 0.29) is 0 Å². The summed E-state index contributed by atoms with van der Waals surface area (Å²) in [5, 5.41) is 3.35. The molecule has 1 aliphatic heterocycles. The van der Waals surface area contributed by atoms with Crippen LogP contribution in [-0.2, 0) is 0 Å². The highest BCUT2D eigenvalue weighted by Crippen LogP contribution is 2.07. The van der Waals surface area contributed by atoms with Crippen molar-refractivity contribution in [2.75, 3.05) is 44.8 Å². The zero-order valence-corrected chi connectivity index (χ0v) is 9.19. The zero-order chi connectivity index (χ0) is 10.5. The van der Waals surface area contributed by atoms with E-state index in [1.165, 1.54) is 0 Å². The predicted octanol–water partition coefficient (Wildman–Crippen LogP) is 0.380. The Kier molecular flexibility index (Phi) is 3.53. The molecule has 1 N–H and O–H groups in total. The van der Waals surface area contributed by atoms with Crippen LogP contribution in [0.5, 0.6) is 0 Å². The molecule has 0 bridgehead atoms. The van der Waals surface area contributed by atoms with Gasteiger partial charge in [-0.3, -0.25) is 4.90 Å². The van der Waals surface area contributed by atoms with E-state index in [1.807, 2.05) is 24.4 Å². The maximum absolute atomic E-state index is 4.33. The van der Waals surface area contributed by atoms with Gasteiger partial charge in [-0.05, 0) is 12.1 Å². The third-order valence-corrected chi connectivity index (χ3v) is 2.66. The van der Waals surface area contributed by atoms with Gasteiger partial charge in [-0.1, -0.05) is 6.07 Å². The van der Waals surface area contributed by atoms with E-state index in [2.05, 4.69) is 27.1 Å². The van der Waals surface area contributed by atoms with Crippen LogP contribution >= 0.6 is 0 Å². The first-order valence-corrected chi connectivity index (χ1v) is 5.41. The summed E-state index contributed by atoms with van der Waals surface area (Å²) in [6.07, 6.45) is 1.84. The maximum Gasteiger partial charge on any atom is 0.129 e. The third kappa shape index (κ3) is 2.91. The molecule has 0 aliphatic carbocycles. The number of hydrogen-bond acceptors (Lipinski definition) is 4. The normalized spacial score (nSPS) is 17.7. The molecule has 1 fully saturated rings. The second kappa shape index (κ2) is 5.09. The molecule has 0 radical (unpaired) electrons. The van der Waals surface area contributed by atoms with Crippen LogP contribution in [0.3, 0.4) is 0 Å². The monoisotopic (exact) mass is 206 g/mol. The van der Waals surface area contributed by atoms with E-state index in [0.29, 0.717) is 0 Å². The highest BCUT2D eigenvalue weighted by atomic mass is 15.3. The van der Waals surface area contributed by atoms with Crippen molar-refractivity contribution < 1.29 is 0 Å². The maximum atomic E-state index is 4.33. The van der Waals surface area contributed by atoms with Gasteiger partial charge in [0.05, 0.1) is 6.67 Å². The van der Waals surface area contributed by atoms with E-state index in [1.54, 1.807) is 0 Å². The first-order chi connectivity index (χ1) is 7.36. The Hall–Kier alpha value is -1.13. The number of nitrogens with one attached hydrogen (secondary N) is 1. The number of rotatable bonds is 3. The van der Waals surface area contributed by atoms with Gasteiger partial charge >= 0.3 is 0 Å². The molecule has 15 heavy (non-hydrogen) atoms. The van der Waals surface area contributed by atoms with Crippen molar-refractivity contribution in [2.24, 2.45) is 0 Å². The van der Waals surface area contributed by atoms with E-state index in [4.69, 9.17) is 0 Å². The first kappa shape index (κ1) is 10.4. The van der Waals surface area contributed by atoms with Crippen LogP contribution in [0.4, 0.5) is 5.82 Å². The largest absolute Gasteiger partial charge is 0.347 e.